The Hall–Kier alpha value is -2.12. The van der Waals surface area contributed by atoms with Gasteiger partial charge in [0.05, 0.1) is 0 Å². The minimum absolute atomic E-state index is 0.0261. The monoisotopic (exact) mass is 302 g/mol. The molecule has 0 unspecified atom stereocenters. The number of alkyl carbamates (subject to hydrolysis) is 1. The summed E-state index contributed by atoms with van der Waals surface area (Å²) in [7, 11) is 0. The van der Waals surface area contributed by atoms with Crippen molar-refractivity contribution in [2.75, 3.05) is 13.1 Å². The number of carboxylic acid groups (broad SMARTS) is 1. The van der Waals surface area contributed by atoms with Gasteiger partial charge in [0.1, 0.15) is 12.1 Å². The number of β-lactam (4-membered cyclic amide) rings is 1. The van der Waals surface area contributed by atoms with Crippen LogP contribution in [0.2, 0.25) is 0 Å². The van der Waals surface area contributed by atoms with Crippen molar-refractivity contribution in [1.82, 2.24) is 10.2 Å². The van der Waals surface area contributed by atoms with Crippen LogP contribution < -0.4 is 5.32 Å². The van der Waals surface area contributed by atoms with Gasteiger partial charge in [-0.05, 0) is 20.8 Å². The molecule has 0 aromatic rings. The van der Waals surface area contributed by atoms with E-state index in [2.05, 4.69) is 5.32 Å². The first-order chi connectivity index (χ1) is 9.56. The van der Waals surface area contributed by atoms with Gasteiger partial charge in [-0.2, -0.15) is 0 Å². The van der Waals surface area contributed by atoms with Gasteiger partial charge >= 0.3 is 12.1 Å². The Bertz CT molecular complexity index is 413. The Labute approximate surface area is 123 Å². The lowest BCUT2D eigenvalue weighted by molar-refractivity contribution is -0.152. The predicted molar refractivity (Wildman–Crippen MR) is 73.5 cm³/mol. The van der Waals surface area contributed by atoms with E-state index in [1.807, 2.05) is 0 Å². The van der Waals surface area contributed by atoms with E-state index in [4.69, 9.17) is 9.84 Å². The molecule has 2 N–H and O–H groups in total. The number of aliphatic carboxylic acids is 1. The molecule has 0 radical (unpaired) electrons. The molecule has 0 aromatic carbocycles. The van der Waals surface area contributed by atoms with Crippen molar-refractivity contribution < 1.29 is 29.0 Å². The third-order valence-corrected chi connectivity index (χ3v) is 2.24. The summed E-state index contributed by atoms with van der Waals surface area (Å²) in [5.41, 5.74) is -0.595. The third kappa shape index (κ3) is 8.61. The highest BCUT2D eigenvalue weighted by Gasteiger charge is 2.28. The third-order valence-electron chi connectivity index (χ3n) is 2.24. The number of amides is 3. The molecular formula is C13H22N2O6. The number of likely N-dealkylation sites (tertiary alicyclic amines) is 1. The van der Waals surface area contributed by atoms with Gasteiger partial charge in [0, 0.05) is 19.4 Å². The minimum atomic E-state index is -1.10. The van der Waals surface area contributed by atoms with Crippen molar-refractivity contribution in [1.29, 1.82) is 0 Å². The fourth-order valence-electron chi connectivity index (χ4n) is 1.23. The van der Waals surface area contributed by atoms with Crippen molar-refractivity contribution in [2.24, 2.45) is 0 Å². The highest BCUT2D eigenvalue weighted by atomic mass is 16.6. The molecule has 0 atom stereocenters. The summed E-state index contributed by atoms with van der Waals surface area (Å²) in [6, 6.07) is 0. The summed E-state index contributed by atoms with van der Waals surface area (Å²) in [5.74, 6) is -1.17. The van der Waals surface area contributed by atoms with Crippen LogP contribution in [0.4, 0.5) is 4.79 Å². The van der Waals surface area contributed by atoms with Crippen LogP contribution >= 0.6 is 0 Å². The molecule has 1 fully saturated rings. The van der Waals surface area contributed by atoms with Gasteiger partial charge in [0.15, 0.2) is 0 Å². The first kappa shape index (κ1) is 18.9. The maximum atomic E-state index is 10.8. The molecule has 8 heteroatoms. The summed E-state index contributed by atoms with van der Waals surface area (Å²) in [6.45, 7) is 7.07. The Morgan fingerprint density at radius 2 is 1.90 bits per heavy atom. The second-order valence-electron chi connectivity index (χ2n) is 5.29. The van der Waals surface area contributed by atoms with Gasteiger partial charge in [-0.3, -0.25) is 19.3 Å². The van der Waals surface area contributed by atoms with E-state index < -0.39 is 24.2 Å². The van der Waals surface area contributed by atoms with E-state index in [0.717, 1.165) is 0 Å². The first-order valence-electron chi connectivity index (χ1n) is 6.58. The molecule has 21 heavy (non-hydrogen) atoms. The van der Waals surface area contributed by atoms with Crippen LogP contribution in [-0.4, -0.2) is 52.6 Å². The van der Waals surface area contributed by atoms with Crippen molar-refractivity contribution in [2.45, 2.75) is 46.1 Å². The van der Waals surface area contributed by atoms with Crippen LogP contribution in [0.25, 0.3) is 0 Å². The molecule has 1 rings (SSSR count). The molecular weight excluding hydrogens is 280 g/mol. The first-order valence-corrected chi connectivity index (χ1v) is 6.58. The van der Waals surface area contributed by atoms with E-state index in [1.165, 1.54) is 4.90 Å². The van der Waals surface area contributed by atoms with Gasteiger partial charge in [0.2, 0.25) is 11.8 Å². The number of rotatable bonds is 3. The molecule has 1 aliphatic heterocycles. The van der Waals surface area contributed by atoms with Gasteiger partial charge in [-0.15, -0.1) is 0 Å². The lowest BCUT2D eigenvalue weighted by atomic mass is 10.2. The highest BCUT2D eigenvalue weighted by Crippen LogP contribution is 2.09. The lowest BCUT2D eigenvalue weighted by Crippen LogP contribution is -2.47. The Kier molecular flexibility index (Phi) is 7.40. The number of carbonyl (C=O) groups is 4. The summed E-state index contributed by atoms with van der Waals surface area (Å²) in [6.07, 6.45) is 0.266. The zero-order chi connectivity index (χ0) is 16.6. The van der Waals surface area contributed by atoms with E-state index in [-0.39, 0.29) is 11.8 Å². The number of carbonyl (C=O) groups excluding carboxylic acids is 3. The molecule has 3 amide bonds. The maximum absolute atomic E-state index is 10.8. The molecule has 0 saturated carbocycles. The zero-order valence-corrected chi connectivity index (χ0v) is 12.8. The summed E-state index contributed by atoms with van der Waals surface area (Å²) >= 11 is 0. The largest absolute Gasteiger partial charge is 0.480 e. The Morgan fingerprint density at radius 3 is 2.14 bits per heavy atom. The number of imide groups is 1. The Morgan fingerprint density at radius 1 is 1.33 bits per heavy atom. The number of nitrogens with one attached hydrogen (secondary N) is 1. The number of hydrogen-bond acceptors (Lipinski definition) is 5. The Balaban J connectivity index is 0.000000394. The molecule has 1 aliphatic rings. The zero-order valence-electron chi connectivity index (χ0n) is 12.8. The topological polar surface area (TPSA) is 113 Å². The van der Waals surface area contributed by atoms with E-state index in [9.17, 15) is 19.2 Å². The molecule has 8 nitrogen and oxygen atoms in total. The van der Waals surface area contributed by atoms with Crippen LogP contribution in [0.15, 0.2) is 0 Å². The average molecular weight is 302 g/mol. The molecule has 0 aromatic heterocycles. The second-order valence-corrected chi connectivity index (χ2v) is 5.29. The number of carboxylic acids is 1. The van der Waals surface area contributed by atoms with Crippen molar-refractivity contribution in [3.63, 3.8) is 0 Å². The fraction of sp³-hybridized carbons (Fsp3) is 0.692. The lowest BCUT2D eigenvalue weighted by Gasteiger charge is -2.27. The van der Waals surface area contributed by atoms with Crippen LogP contribution in [-0.2, 0) is 19.1 Å². The summed E-state index contributed by atoms with van der Waals surface area (Å²) in [4.78, 5) is 43.3. The fourth-order valence-corrected chi connectivity index (χ4v) is 1.23. The van der Waals surface area contributed by atoms with Crippen LogP contribution in [0.5, 0.6) is 0 Å². The van der Waals surface area contributed by atoms with E-state index in [0.29, 0.717) is 19.4 Å². The van der Waals surface area contributed by atoms with Gasteiger partial charge < -0.3 is 15.2 Å². The minimum Gasteiger partial charge on any atom is -0.480 e. The average Bonchev–Trinajstić information content (AvgIpc) is 2.33. The number of hydrogen-bond donors (Lipinski definition) is 2. The number of nitrogens with zero attached hydrogens (tertiary/aromatic N) is 1. The van der Waals surface area contributed by atoms with Crippen LogP contribution in [0.1, 0.15) is 40.5 Å². The van der Waals surface area contributed by atoms with E-state index >= 15 is 0 Å². The molecule has 0 bridgehead atoms. The van der Waals surface area contributed by atoms with Crippen molar-refractivity contribution >= 4 is 23.9 Å². The molecule has 1 saturated heterocycles. The highest BCUT2D eigenvalue weighted by molar-refractivity contribution is 5.99. The van der Waals surface area contributed by atoms with Gasteiger partial charge in [0.25, 0.3) is 0 Å². The maximum Gasteiger partial charge on any atom is 0.408 e. The summed E-state index contributed by atoms with van der Waals surface area (Å²) in [5, 5.41) is 10.3. The quantitative estimate of drug-likeness (QED) is 0.744. The van der Waals surface area contributed by atoms with Crippen LogP contribution in [0, 0.1) is 0 Å². The second kappa shape index (κ2) is 8.23. The molecule has 0 aliphatic carbocycles. The SMILES string of the molecule is CC(C)(C)OC(=O)NCC(=O)O.CCC(=O)N1CCC1=O. The number of ether oxygens (including phenoxy) is 1. The standard InChI is InChI=1S/C7H13NO4.C6H9NO2/c1-7(2,3)12-6(11)8-4-5(9)10;1-2-5(8)7-4-3-6(7)9/h4H2,1-3H3,(H,8,11)(H,9,10);2-4H2,1H3. The van der Waals surface area contributed by atoms with Crippen molar-refractivity contribution in [3.8, 4) is 0 Å². The van der Waals surface area contributed by atoms with Gasteiger partial charge in [-0.25, -0.2) is 4.79 Å². The van der Waals surface area contributed by atoms with Crippen molar-refractivity contribution in [3.05, 3.63) is 0 Å². The molecule has 1 heterocycles. The smallest absolute Gasteiger partial charge is 0.408 e. The summed E-state index contributed by atoms with van der Waals surface area (Å²) < 4.78 is 4.77. The predicted octanol–water partition coefficient (Wildman–Crippen LogP) is 0.751. The molecule has 120 valence electrons. The van der Waals surface area contributed by atoms with Crippen LogP contribution in [0.3, 0.4) is 0 Å². The molecule has 0 spiro atoms. The van der Waals surface area contributed by atoms with E-state index in [1.54, 1.807) is 27.7 Å². The van der Waals surface area contributed by atoms with Gasteiger partial charge in [-0.1, -0.05) is 6.92 Å². The normalized spacial score (nSPS) is 13.5.